The molecule has 0 saturated carbocycles. The van der Waals surface area contributed by atoms with Gasteiger partial charge in [-0.15, -0.1) is 24.2 Å². The zero-order valence-electron chi connectivity index (χ0n) is 10.8. The van der Waals surface area contributed by atoms with Crippen molar-refractivity contribution in [2.75, 3.05) is 12.3 Å². The maximum Gasteiger partial charge on any atom is 0.0151 e. The molecule has 3 heteroatoms. The SMILES string of the molecule is CC(C)NCCSc1cccc2ccccc12.Cl. The van der Waals surface area contributed by atoms with E-state index in [1.54, 1.807) is 0 Å². The quantitative estimate of drug-likeness (QED) is 0.646. The maximum atomic E-state index is 3.44. The Balaban J connectivity index is 0.00000162. The lowest BCUT2D eigenvalue weighted by Crippen LogP contribution is -2.24. The average molecular weight is 282 g/mol. The molecule has 0 aliphatic rings. The topological polar surface area (TPSA) is 12.0 Å². The summed E-state index contributed by atoms with van der Waals surface area (Å²) >= 11 is 1.93. The first kappa shape index (κ1) is 15.4. The number of halogens is 1. The Kier molecular flexibility index (Phi) is 6.55. The molecule has 0 radical (unpaired) electrons. The second-order valence-electron chi connectivity index (χ2n) is 4.43. The Labute approximate surface area is 120 Å². The van der Waals surface area contributed by atoms with Gasteiger partial charge in [-0.05, 0) is 16.8 Å². The molecular formula is C15H20ClNS. The Morgan fingerprint density at radius 1 is 1.06 bits per heavy atom. The summed E-state index contributed by atoms with van der Waals surface area (Å²) in [6, 6.07) is 15.7. The van der Waals surface area contributed by atoms with Crippen LogP contribution in [0.15, 0.2) is 47.4 Å². The molecule has 2 aromatic rings. The lowest BCUT2D eigenvalue weighted by Gasteiger charge is -2.09. The van der Waals surface area contributed by atoms with Crippen molar-refractivity contribution < 1.29 is 0 Å². The monoisotopic (exact) mass is 281 g/mol. The van der Waals surface area contributed by atoms with Crippen molar-refractivity contribution in [3.8, 4) is 0 Å². The van der Waals surface area contributed by atoms with Gasteiger partial charge < -0.3 is 5.32 Å². The summed E-state index contributed by atoms with van der Waals surface area (Å²) in [5.74, 6) is 1.12. The summed E-state index contributed by atoms with van der Waals surface area (Å²) < 4.78 is 0. The summed E-state index contributed by atoms with van der Waals surface area (Å²) in [5, 5.41) is 6.14. The highest BCUT2D eigenvalue weighted by Crippen LogP contribution is 2.27. The predicted octanol–water partition coefficient (Wildman–Crippen LogP) is 4.35. The largest absolute Gasteiger partial charge is 0.314 e. The molecule has 0 aliphatic carbocycles. The van der Waals surface area contributed by atoms with E-state index in [-0.39, 0.29) is 12.4 Å². The van der Waals surface area contributed by atoms with E-state index in [4.69, 9.17) is 0 Å². The van der Waals surface area contributed by atoms with Crippen LogP contribution in [0.1, 0.15) is 13.8 Å². The van der Waals surface area contributed by atoms with E-state index in [9.17, 15) is 0 Å². The van der Waals surface area contributed by atoms with Crippen molar-refractivity contribution in [2.24, 2.45) is 0 Å². The van der Waals surface area contributed by atoms with E-state index in [2.05, 4.69) is 61.6 Å². The Bertz CT molecular complexity index is 479. The molecule has 0 spiro atoms. The fourth-order valence-electron chi connectivity index (χ4n) is 1.83. The maximum absolute atomic E-state index is 3.44. The molecule has 98 valence electrons. The Morgan fingerprint density at radius 2 is 1.78 bits per heavy atom. The van der Waals surface area contributed by atoms with Crippen LogP contribution in [0.25, 0.3) is 10.8 Å². The zero-order chi connectivity index (χ0) is 12.1. The van der Waals surface area contributed by atoms with Gasteiger partial charge in [0.1, 0.15) is 0 Å². The minimum absolute atomic E-state index is 0. The lowest BCUT2D eigenvalue weighted by atomic mass is 10.1. The Hall–Kier alpha value is -0.700. The van der Waals surface area contributed by atoms with Crippen LogP contribution in [-0.4, -0.2) is 18.3 Å². The average Bonchev–Trinajstić information content (AvgIpc) is 2.34. The van der Waals surface area contributed by atoms with Crippen LogP contribution in [0, 0.1) is 0 Å². The third-order valence-electron chi connectivity index (χ3n) is 2.66. The predicted molar refractivity (Wildman–Crippen MR) is 85.1 cm³/mol. The van der Waals surface area contributed by atoms with Crippen LogP contribution in [0.4, 0.5) is 0 Å². The number of fused-ring (bicyclic) bond motifs is 1. The molecule has 1 N–H and O–H groups in total. The van der Waals surface area contributed by atoms with Crippen LogP contribution >= 0.6 is 24.2 Å². The molecule has 0 bridgehead atoms. The van der Waals surface area contributed by atoms with Gasteiger partial charge in [-0.3, -0.25) is 0 Å². The van der Waals surface area contributed by atoms with E-state index >= 15 is 0 Å². The molecule has 2 aromatic carbocycles. The van der Waals surface area contributed by atoms with Crippen LogP contribution in [0.5, 0.6) is 0 Å². The first-order valence-corrected chi connectivity index (χ1v) is 7.10. The van der Waals surface area contributed by atoms with Gasteiger partial charge in [-0.2, -0.15) is 0 Å². The fraction of sp³-hybridized carbons (Fsp3) is 0.333. The fourth-order valence-corrected chi connectivity index (χ4v) is 2.79. The molecule has 0 heterocycles. The normalized spacial score (nSPS) is 10.6. The minimum Gasteiger partial charge on any atom is -0.314 e. The van der Waals surface area contributed by atoms with Crippen molar-refractivity contribution in [1.82, 2.24) is 5.32 Å². The van der Waals surface area contributed by atoms with Crippen LogP contribution in [-0.2, 0) is 0 Å². The highest BCUT2D eigenvalue weighted by atomic mass is 35.5. The Morgan fingerprint density at radius 3 is 2.56 bits per heavy atom. The molecule has 2 rings (SSSR count). The molecular weight excluding hydrogens is 262 g/mol. The summed E-state index contributed by atoms with van der Waals surface area (Å²) in [6.45, 7) is 5.43. The summed E-state index contributed by atoms with van der Waals surface area (Å²) in [4.78, 5) is 1.38. The smallest absolute Gasteiger partial charge is 0.0151 e. The number of hydrogen-bond acceptors (Lipinski definition) is 2. The number of nitrogens with one attached hydrogen (secondary N) is 1. The number of rotatable bonds is 5. The van der Waals surface area contributed by atoms with Crippen molar-refractivity contribution >= 4 is 34.9 Å². The van der Waals surface area contributed by atoms with Gasteiger partial charge in [0, 0.05) is 23.2 Å². The van der Waals surface area contributed by atoms with Crippen molar-refractivity contribution in [1.29, 1.82) is 0 Å². The highest BCUT2D eigenvalue weighted by Gasteiger charge is 2.00. The summed E-state index contributed by atoms with van der Waals surface area (Å²) in [6.07, 6.45) is 0. The second-order valence-corrected chi connectivity index (χ2v) is 5.57. The van der Waals surface area contributed by atoms with Crippen molar-refractivity contribution in [3.63, 3.8) is 0 Å². The standard InChI is InChI=1S/C15H19NS.ClH/c1-12(2)16-10-11-17-15-9-5-7-13-6-3-4-8-14(13)15;/h3-9,12,16H,10-11H2,1-2H3;1H. The van der Waals surface area contributed by atoms with Gasteiger partial charge in [0.2, 0.25) is 0 Å². The van der Waals surface area contributed by atoms with Crippen molar-refractivity contribution in [2.45, 2.75) is 24.8 Å². The first-order valence-electron chi connectivity index (χ1n) is 6.11. The van der Waals surface area contributed by atoms with E-state index in [0.717, 1.165) is 12.3 Å². The highest BCUT2D eigenvalue weighted by molar-refractivity contribution is 7.99. The number of benzene rings is 2. The van der Waals surface area contributed by atoms with Gasteiger partial charge in [0.15, 0.2) is 0 Å². The van der Waals surface area contributed by atoms with Gasteiger partial charge in [0.05, 0.1) is 0 Å². The number of hydrogen-bond donors (Lipinski definition) is 1. The van der Waals surface area contributed by atoms with E-state index in [1.807, 2.05) is 11.8 Å². The van der Waals surface area contributed by atoms with E-state index in [1.165, 1.54) is 15.7 Å². The molecule has 0 aliphatic heterocycles. The third kappa shape index (κ3) is 4.20. The lowest BCUT2D eigenvalue weighted by molar-refractivity contribution is 0.616. The molecule has 0 unspecified atom stereocenters. The third-order valence-corrected chi connectivity index (χ3v) is 3.74. The molecule has 0 amide bonds. The van der Waals surface area contributed by atoms with Crippen LogP contribution < -0.4 is 5.32 Å². The first-order chi connectivity index (χ1) is 8.27. The zero-order valence-corrected chi connectivity index (χ0v) is 12.5. The van der Waals surface area contributed by atoms with Gasteiger partial charge >= 0.3 is 0 Å². The molecule has 0 fully saturated rings. The molecule has 0 atom stereocenters. The summed E-state index contributed by atoms with van der Waals surface area (Å²) in [7, 11) is 0. The second kappa shape index (κ2) is 7.67. The van der Waals surface area contributed by atoms with Gasteiger partial charge in [0.25, 0.3) is 0 Å². The van der Waals surface area contributed by atoms with E-state index < -0.39 is 0 Å². The molecule has 1 nitrogen and oxygen atoms in total. The number of thioether (sulfide) groups is 1. The molecule has 0 aromatic heterocycles. The summed E-state index contributed by atoms with van der Waals surface area (Å²) in [5.41, 5.74) is 0. The van der Waals surface area contributed by atoms with Crippen molar-refractivity contribution in [3.05, 3.63) is 42.5 Å². The molecule has 0 saturated heterocycles. The van der Waals surface area contributed by atoms with Crippen LogP contribution in [0.2, 0.25) is 0 Å². The van der Waals surface area contributed by atoms with Crippen LogP contribution in [0.3, 0.4) is 0 Å². The molecule has 18 heavy (non-hydrogen) atoms. The van der Waals surface area contributed by atoms with E-state index in [0.29, 0.717) is 6.04 Å². The van der Waals surface area contributed by atoms with Gasteiger partial charge in [-0.25, -0.2) is 0 Å². The minimum atomic E-state index is 0. The van der Waals surface area contributed by atoms with Gasteiger partial charge in [-0.1, -0.05) is 50.2 Å².